The Morgan fingerprint density at radius 3 is 1.97 bits per heavy atom. The summed E-state index contributed by atoms with van der Waals surface area (Å²) in [6.07, 6.45) is 0.406. The largest absolute Gasteiger partial charge is 0.545 e. The van der Waals surface area contributed by atoms with Gasteiger partial charge in [-0.05, 0) is 47.0 Å². The lowest BCUT2D eigenvalue weighted by Crippen LogP contribution is -2.55. The van der Waals surface area contributed by atoms with Crippen LogP contribution in [-0.2, 0) is 23.5 Å². The molecular weight excluding hydrogens is 444 g/mol. The SMILES string of the molecule is CCOC(=O)[C@@H]1[C@@H]2C(=C(c3ccccc3)C[C@H]1C(=O)OCC)O[Si](C(C)(C)C)(C(C)(C)C)[C@H]2C. The topological polar surface area (TPSA) is 61.8 Å². The van der Waals surface area contributed by atoms with Crippen LogP contribution in [0.4, 0.5) is 0 Å². The molecule has 0 radical (unpaired) electrons. The normalized spacial score (nSPS) is 26.5. The van der Waals surface area contributed by atoms with Crippen molar-refractivity contribution >= 4 is 25.8 Å². The lowest BCUT2D eigenvalue weighted by Gasteiger charge is -2.50. The molecule has 1 aliphatic carbocycles. The summed E-state index contributed by atoms with van der Waals surface area (Å²) in [5, 5.41) is -0.176. The Kier molecular flexibility index (Phi) is 7.42. The fourth-order valence-corrected chi connectivity index (χ4v) is 14.2. The Morgan fingerprint density at radius 2 is 1.47 bits per heavy atom. The molecule has 1 heterocycles. The van der Waals surface area contributed by atoms with Gasteiger partial charge < -0.3 is 13.9 Å². The molecule has 1 aliphatic heterocycles. The zero-order valence-electron chi connectivity index (χ0n) is 22.4. The molecule has 0 spiro atoms. The monoisotopic (exact) mass is 486 g/mol. The minimum atomic E-state index is -2.55. The van der Waals surface area contributed by atoms with E-state index in [2.05, 4.69) is 60.6 Å². The lowest BCUT2D eigenvalue weighted by molar-refractivity contribution is -0.162. The highest BCUT2D eigenvalue weighted by molar-refractivity contribution is 6.81. The number of carbonyl (C=O) groups is 2. The van der Waals surface area contributed by atoms with Crippen LogP contribution in [-0.4, -0.2) is 33.5 Å². The molecule has 0 aromatic heterocycles. The van der Waals surface area contributed by atoms with Crippen molar-refractivity contribution in [3.8, 4) is 0 Å². The molecular formula is C28H42O5Si. The highest BCUT2D eigenvalue weighted by atomic mass is 28.4. The van der Waals surface area contributed by atoms with Crippen LogP contribution in [0.25, 0.3) is 5.57 Å². The second kappa shape index (κ2) is 9.52. The average Bonchev–Trinajstić information content (AvgIpc) is 3.08. The van der Waals surface area contributed by atoms with Crippen LogP contribution >= 0.6 is 0 Å². The molecule has 1 saturated heterocycles. The predicted molar refractivity (Wildman–Crippen MR) is 137 cm³/mol. The number of benzene rings is 1. The highest BCUT2D eigenvalue weighted by Gasteiger charge is 2.70. The van der Waals surface area contributed by atoms with Gasteiger partial charge in [-0.3, -0.25) is 9.59 Å². The Balaban J connectivity index is 2.32. The molecule has 1 fully saturated rings. The lowest BCUT2D eigenvalue weighted by atomic mass is 9.69. The Bertz CT molecular complexity index is 924. The van der Waals surface area contributed by atoms with Gasteiger partial charge >= 0.3 is 11.9 Å². The molecule has 6 heteroatoms. The van der Waals surface area contributed by atoms with Crippen LogP contribution in [0.5, 0.6) is 0 Å². The molecule has 0 amide bonds. The van der Waals surface area contributed by atoms with Crippen LogP contribution in [0.1, 0.15) is 74.3 Å². The van der Waals surface area contributed by atoms with Gasteiger partial charge in [0.1, 0.15) is 0 Å². The van der Waals surface area contributed by atoms with E-state index >= 15 is 0 Å². The van der Waals surface area contributed by atoms with E-state index in [-0.39, 0.29) is 46.7 Å². The molecule has 0 saturated carbocycles. The first kappa shape index (κ1) is 26.5. The van der Waals surface area contributed by atoms with Gasteiger partial charge in [0.2, 0.25) is 0 Å². The van der Waals surface area contributed by atoms with E-state index in [1.807, 2.05) is 25.1 Å². The Hall–Kier alpha value is -2.08. The minimum absolute atomic E-state index is 0.0879. The third-order valence-corrected chi connectivity index (χ3v) is 14.4. The quantitative estimate of drug-likeness (QED) is 0.340. The summed E-state index contributed by atoms with van der Waals surface area (Å²) in [5.74, 6) is -1.19. The maximum Gasteiger partial charge on any atom is 0.310 e. The van der Waals surface area contributed by atoms with E-state index in [9.17, 15) is 9.59 Å². The summed E-state index contributed by atoms with van der Waals surface area (Å²) in [6.45, 7) is 20.0. The summed E-state index contributed by atoms with van der Waals surface area (Å²) in [5.41, 5.74) is 2.17. The first-order valence-corrected chi connectivity index (χ1v) is 14.6. The Labute approximate surface area is 206 Å². The molecule has 188 valence electrons. The van der Waals surface area contributed by atoms with Gasteiger partial charge in [-0.25, -0.2) is 0 Å². The van der Waals surface area contributed by atoms with Gasteiger partial charge in [-0.2, -0.15) is 0 Å². The van der Waals surface area contributed by atoms with E-state index in [0.29, 0.717) is 6.42 Å². The minimum Gasteiger partial charge on any atom is -0.545 e. The van der Waals surface area contributed by atoms with E-state index in [1.54, 1.807) is 6.92 Å². The zero-order valence-corrected chi connectivity index (χ0v) is 23.4. The van der Waals surface area contributed by atoms with E-state index in [1.165, 1.54) is 0 Å². The number of hydrogen-bond donors (Lipinski definition) is 0. The van der Waals surface area contributed by atoms with E-state index in [0.717, 1.165) is 16.9 Å². The van der Waals surface area contributed by atoms with Gasteiger partial charge in [0.25, 0.3) is 8.32 Å². The zero-order chi connectivity index (χ0) is 25.5. The molecule has 0 unspecified atom stereocenters. The number of carbonyl (C=O) groups excluding carboxylic acids is 2. The summed E-state index contributed by atoms with van der Waals surface area (Å²) >= 11 is 0. The number of ether oxygens (including phenoxy) is 2. The van der Waals surface area contributed by atoms with Crippen molar-refractivity contribution in [2.75, 3.05) is 13.2 Å². The smallest absolute Gasteiger partial charge is 0.310 e. The van der Waals surface area contributed by atoms with Gasteiger partial charge in [-0.1, -0.05) is 78.8 Å². The maximum absolute atomic E-state index is 13.5. The van der Waals surface area contributed by atoms with E-state index in [4.69, 9.17) is 13.9 Å². The van der Waals surface area contributed by atoms with Gasteiger partial charge in [0.15, 0.2) is 0 Å². The Morgan fingerprint density at radius 1 is 0.941 bits per heavy atom. The fraction of sp³-hybridized carbons (Fsp3) is 0.643. The third kappa shape index (κ3) is 4.23. The van der Waals surface area contributed by atoms with E-state index < -0.39 is 20.2 Å². The molecule has 1 aromatic carbocycles. The van der Waals surface area contributed by atoms with Crippen molar-refractivity contribution in [1.82, 2.24) is 0 Å². The van der Waals surface area contributed by atoms with Crippen LogP contribution in [0, 0.1) is 17.8 Å². The molecule has 4 atom stereocenters. The number of fused-ring (bicyclic) bond motifs is 1. The summed E-state index contributed by atoms with van der Waals surface area (Å²) < 4.78 is 18.3. The molecule has 5 nitrogen and oxygen atoms in total. The molecule has 0 N–H and O–H groups in total. The molecule has 0 bridgehead atoms. The van der Waals surface area contributed by atoms with Crippen molar-refractivity contribution in [2.24, 2.45) is 17.8 Å². The van der Waals surface area contributed by atoms with Crippen molar-refractivity contribution < 1.29 is 23.5 Å². The highest BCUT2D eigenvalue weighted by Crippen LogP contribution is 2.68. The second-order valence-electron chi connectivity index (χ2n) is 11.7. The third-order valence-electron chi connectivity index (χ3n) is 7.79. The van der Waals surface area contributed by atoms with Gasteiger partial charge in [0.05, 0.1) is 30.8 Å². The van der Waals surface area contributed by atoms with Crippen LogP contribution < -0.4 is 0 Å². The summed E-state index contributed by atoms with van der Waals surface area (Å²) in [6, 6.07) is 10.1. The molecule has 1 aromatic rings. The second-order valence-corrected chi connectivity index (χ2v) is 17.3. The van der Waals surface area contributed by atoms with Crippen molar-refractivity contribution in [3.63, 3.8) is 0 Å². The molecule has 2 aliphatic rings. The van der Waals surface area contributed by atoms with Crippen LogP contribution in [0.3, 0.4) is 0 Å². The van der Waals surface area contributed by atoms with Crippen molar-refractivity contribution in [3.05, 3.63) is 41.7 Å². The van der Waals surface area contributed by atoms with Crippen LogP contribution in [0.15, 0.2) is 36.1 Å². The van der Waals surface area contributed by atoms with Gasteiger partial charge in [-0.15, -0.1) is 0 Å². The average molecular weight is 487 g/mol. The van der Waals surface area contributed by atoms with Crippen molar-refractivity contribution in [1.29, 1.82) is 0 Å². The maximum atomic E-state index is 13.5. The molecule has 3 rings (SSSR count). The summed E-state index contributed by atoms with van der Waals surface area (Å²) in [7, 11) is -2.55. The standard InChI is InChI=1S/C28H42O5Si/c1-10-31-25(29)21-17-20(19-15-13-12-14-16-19)24-22(23(21)26(30)32-11-2)18(3)34(33-24,27(4,5)6)28(7,8)9/h12-16,18,21-23H,10-11,17H2,1-9H3/t18-,21+,22+,23-/m0/s1. The number of esters is 2. The van der Waals surface area contributed by atoms with Crippen LogP contribution in [0.2, 0.25) is 15.6 Å². The predicted octanol–water partition coefficient (Wildman–Crippen LogP) is 6.74. The summed E-state index contributed by atoms with van der Waals surface area (Å²) in [4.78, 5) is 26.7. The molecule has 34 heavy (non-hydrogen) atoms. The number of rotatable bonds is 5. The van der Waals surface area contributed by atoms with Crippen molar-refractivity contribution in [2.45, 2.75) is 84.4 Å². The number of allylic oxidation sites excluding steroid dienone is 2. The fourth-order valence-electron chi connectivity index (χ4n) is 6.97. The van der Waals surface area contributed by atoms with Gasteiger partial charge in [0, 0.05) is 5.92 Å². The first-order valence-electron chi connectivity index (χ1n) is 12.6. The first-order chi connectivity index (χ1) is 15.8. The number of hydrogen-bond acceptors (Lipinski definition) is 5.